The molecule has 0 unspecified atom stereocenters. The number of aromatic nitrogens is 2. The van der Waals surface area contributed by atoms with Gasteiger partial charge in [-0.2, -0.15) is 0 Å². The molecule has 2 aromatic rings. The molecule has 2 saturated heterocycles. The van der Waals surface area contributed by atoms with Gasteiger partial charge in [0.15, 0.2) is 5.82 Å². The predicted molar refractivity (Wildman–Crippen MR) is 102 cm³/mol. The number of para-hydroxylation sites is 2. The van der Waals surface area contributed by atoms with E-state index in [-0.39, 0.29) is 11.5 Å². The molecule has 1 amide bonds. The van der Waals surface area contributed by atoms with Crippen LogP contribution >= 0.6 is 0 Å². The fraction of sp³-hybridized carbons (Fsp3) is 0.550. The average molecular weight is 354 g/mol. The Hall–Kier alpha value is -2.37. The number of aryl methyl sites for hydroxylation is 1. The van der Waals surface area contributed by atoms with E-state index in [9.17, 15) is 9.59 Å². The van der Waals surface area contributed by atoms with Gasteiger partial charge in [-0.3, -0.25) is 9.59 Å². The number of hydrogen-bond donors (Lipinski definition) is 0. The summed E-state index contributed by atoms with van der Waals surface area (Å²) >= 11 is 0. The van der Waals surface area contributed by atoms with Crippen molar-refractivity contribution in [1.82, 2.24) is 14.5 Å². The highest BCUT2D eigenvalue weighted by atomic mass is 16.2. The molecule has 138 valence electrons. The third-order valence-electron chi connectivity index (χ3n) is 5.50. The first-order valence-electron chi connectivity index (χ1n) is 9.76. The Balaban J connectivity index is 1.63. The molecule has 6 heteroatoms. The number of amides is 1. The quantitative estimate of drug-likeness (QED) is 0.846. The van der Waals surface area contributed by atoms with Gasteiger partial charge in [-0.25, -0.2) is 4.98 Å². The van der Waals surface area contributed by atoms with E-state index < -0.39 is 0 Å². The Labute approximate surface area is 153 Å². The monoisotopic (exact) mass is 354 g/mol. The molecule has 2 fully saturated rings. The van der Waals surface area contributed by atoms with E-state index in [1.165, 1.54) is 6.42 Å². The van der Waals surface area contributed by atoms with Crippen LogP contribution in [0.2, 0.25) is 0 Å². The van der Waals surface area contributed by atoms with Gasteiger partial charge >= 0.3 is 0 Å². The summed E-state index contributed by atoms with van der Waals surface area (Å²) in [6.45, 7) is 3.88. The largest absolute Gasteiger partial charge is 0.352 e. The van der Waals surface area contributed by atoms with Crippen molar-refractivity contribution >= 4 is 22.8 Å². The fourth-order valence-electron chi connectivity index (χ4n) is 4.04. The molecule has 0 atom stereocenters. The number of hydrogen-bond acceptors (Lipinski definition) is 4. The van der Waals surface area contributed by atoms with Crippen LogP contribution in [-0.2, 0) is 11.3 Å². The van der Waals surface area contributed by atoms with Crippen LogP contribution < -0.4 is 10.5 Å². The van der Waals surface area contributed by atoms with Gasteiger partial charge < -0.3 is 14.4 Å². The van der Waals surface area contributed by atoms with Crippen molar-refractivity contribution in [2.45, 2.75) is 45.1 Å². The summed E-state index contributed by atoms with van der Waals surface area (Å²) in [6.07, 6.45) is 5.94. The van der Waals surface area contributed by atoms with E-state index in [0.29, 0.717) is 18.8 Å². The lowest BCUT2D eigenvalue weighted by Crippen LogP contribution is -2.37. The van der Waals surface area contributed by atoms with E-state index in [1.54, 1.807) is 4.57 Å². The minimum atomic E-state index is -0.0722. The third-order valence-corrected chi connectivity index (χ3v) is 5.50. The molecule has 0 bridgehead atoms. The van der Waals surface area contributed by atoms with E-state index in [1.807, 2.05) is 29.2 Å². The SMILES string of the molecule is O=C(CCn1c(=O)c(N2CCCC2)nc2ccccc21)N1CCCCC1. The van der Waals surface area contributed by atoms with E-state index in [0.717, 1.165) is 62.9 Å². The Bertz CT molecular complexity index is 849. The molecule has 6 nitrogen and oxygen atoms in total. The number of carbonyl (C=O) groups is 1. The standard InChI is InChI=1S/C20H26N4O2/c25-18(22-11-4-1-5-12-22)10-15-24-17-9-3-2-8-16(17)21-19(20(24)26)23-13-6-7-14-23/h2-3,8-9H,1,4-7,10-15H2. The topological polar surface area (TPSA) is 58.4 Å². The van der Waals surface area contributed by atoms with Crippen molar-refractivity contribution in [2.75, 3.05) is 31.1 Å². The summed E-state index contributed by atoms with van der Waals surface area (Å²) in [5.41, 5.74) is 1.56. The average Bonchev–Trinajstić information content (AvgIpc) is 3.22. The molecule has 26 heavy (non-hydrogen) atoms. The first-order valence-corrected chi connectivity index (χ1v) is 9.76. The van der Waals surface area contributed by atoms with Crippen molar-refractivity contribution in [2.24, 2.45) is 0 Å². The Kier molecular flexibility index (Phi) is 4.91. The van der Waals surface area contributed by atoms with Crippen molar-refractivity contribution in [3.8, 4) is 0 Å². The van der Waals surface area contributed by atoms with Crippen LogP contribution in [0.4, 0.5) is 5.82 Å². The summed E-state index contributed by atoms with van der Waals surface area (Å²) in [4.78, 5) is 34.3. The maximum absolute atomic E-state index is 13.1. The first kappa shape index (κ1) is 17.1. The number of piperidine rings is 1. The first-order chi connectivity index (χ1) is 12.7. The minimum absolute atomic E-state index is 0.0722. The summed E-state index contributed by atoms with van der Waals surface area (Å²) in [7, 11) is 0. The highest BCUT2D eigenvalue weighted by Crippen LogP contribution is 2.19. The summed E-state index contributed by atoms with van der Waals surface area (Å²) in [5.74, 6) is 0.687. The summed E-state index contributed by atoms with van der Waals surface area (Å²) in [5, 5.41) is 0. The highest BCUT2D eigenvalue weighted by molar-refractivity contribution is 5.78. The zero-order valence-corrected chi connectivity index (χ0v) is 15.2. The Morgan fingerprint density at radius 3 is 2.42 bits per heavy atom. The van der Waals surface area contributed by atoms with Crippen LogP contribution in [0.5, 0.6) is 0 Å². The lowest BCUT2D eigenvalue weighted by atomic mass is 10.1. The number of nitrogens with zero attached hydrogens (tertiary/aromatic N) is 4. The van der Waals surface area contributed by atoms with Gasteiger partial charge in [-0.1, -0.05) is 12.1 Å². The Morgan fingerprint density at radius 1 is 0.962 bits per heavy atom. The van der Waals surface area contributed by atoms with Crippen LogP contribution in [0.3, 0.4) is 0 Å². The summed E-state index contributed by atoms with van der Waals surface area (Å²) < 4.78 is 1.75. The molecule has 0 spiro atoms. The molecule has 0 radical (unpaired) electrons. The second-order valence-electron chi connectivity index (χ2n) is 7.27. The normalized spacial score (nSPS) is 17.8. The minimum Gasteiger partial charge on any atom is -0.352 e. The lowest BCUT2D eigenvalue weighted by molar-refractivity contribution is -0.132. The number of carbonyl (C=O) groups excluding carboxylic acids is 1. The van der Waals surface area contributed by atoms with Gasteiger partial charge in [-0.05, 0) is 44.2 Å². The number of likely N-dealkylation sites (tertiary alicyclic amines) is 1. The van der Waals surface area contributed by atoms with Gasteiger partial charge in [0.2, 0.25) is 5.91 Å². The maximum Gasteiger partial charge on any atom is 0.294 e. The zero-order valence-electron chi connectivity index (χ0n) is 15.2. The number of anilines is 1. The van der Waals surface area contributed by atoms with Crippen molar-refractivity contribution in [3.63, 3.8) is 0 Å². The number of rotatable bonds is 4. The van der Waals surface area contributed by atoms with Gasteiger partial charge in [-0.15, -0.1) is 0 Å². The van der Waals surface area contributed by atoms with Crippen LogP contribution in [0, 0.1) is 0 Å². The molecule has 2 aliphatic rings. The molecule has 1 aromatic carbocycles. The van der Waals surface area contributed by atoms with Crippen molar-refractivity contribution in [3.05, 3.63) is 34.6 Å². The van der Waals surface area contributed by atoms with E-state index in [4.69, 9.17) is 0 Å². The van der Waals surface area contributed by atoms with Gasteiger partial charge in [0.1, 0.15) is 0 Å². The predicted octanol–water partition coefficient (Wildman–Crippen LogP) is 2.40. The van der Waals surface area contributed by atoms with Gasteiger partial charge in [0.05, 0.1) is 11.0 Å². The van der Waals surface area contributed by atoms with Gasteiger partial charge in [0.25, 0.3) is 5.56 Å². The second-order valence-corrected chi connectivity index (χ2v) is 7.27. The second kappa shape index (κ2) is 7.48. The van der Waals surface area contributed by atoms with Crippen LogP contribution in [0.1, 0.15) is 38.5 Å². The molecule has 0 aliphatic carbocycles. The number of benzene rings is 1. The molecule has 0 saturated carbocycles. The van der Waals surface area contributed by atoms with Crippen LogP contribution in [-0.4, -0.2) is 46.5 Å². The maximum atomic E-state index is 13.1. The molecular formula is C20H26N4O2. The zero-order chi connectivity index (χ0) is 17.9. The molecule has 3 heterocycles. The third kappa shape index (κ3) is 3.32. The number of fused-ring (bicyclic) bond motifs is 1. The highest BCUT2D eigenvalue weighted by Gasteiger charge is 2.21. The van der Waals surface area contributed by atoms with Crippen LogP contribution in [0.15, 0.2) is 29.1 Å². The van der Waals surface area contributed by atoms with E-state index in [2.05, 4.69) is 9.88 Å². The molecule has 2 aliphatic heterocycles. The van der Waals surface area contributed by atoms with E-state index >= 15 is 0 Å². The van der Waals surface area contributed by atoms with Crippen LogP contribution in [0.25, 0.3) is 11.0 Å². The molecule has 4 rings (SSSR count). The van der Waals surface area contributed by atoms with Crippen molar-refractivity contribution in [1.29, 1.82) is 0 Å². The summed E-state index contributed by atoms with van der Waals surface area (Å²) in [6, 6.07) is 7.72. The Morgan fingerprint density at radius 2 is 1.65 bits per heavy atom. The molecule has 0 N–H and O–H groups in total. The fourth-order valence-corrected chi connectivity index (χ4v) is 4.04. The van der Waals surface area contributed by atoms with Crippen molar-refractivity contribution < 1.29 is 4.79 Å². The lowest BCUT2D eigenvalue weighted by Gasteiger charge is -2.27. The molecule has 1 aromatic heterocycles. The molecular weight excluding hydrogens is 328 g/mol. The van der Waals surface area contributed by atoms with Gasteiger partial charge in [0, 0.05) is 39.1 Å². The smallest absolute Gasteiger partial charge is 0.294 e.